The van der Waals surface area contributed by atoms with Gasteiger partial charge >= 0.3 is 0 Å². The molecule has 21 heavy (non-hydrogen) atoms. The van der Waals surface area contributed by atoms with Crippen molar-refractivity contribution in [3.8, 4) is 11.4 Å². The molecule has 0 unspecified atom stereocenters. The van der Waals surface area contributed by atoms with Crippen molar-refractivity contribution in [3.05, 3.63) is 30.3 Å². The van der Waals surface area contributed by atoms with Gasteiger partial charge in [-0.2, -0.15) is 9.36 Å². The van der Waals surface area contributed by atoms with Gasteiger partial charge in [0.25, 0.3) is 0 Å². The highest BCUT2D eigenvalue weighted by atomic mass is 35.5. The topological polar surface area (TPSA) is 66.9 Å². The van der Waals surface area contributed by atoms with E-state index in [0.29, 0.717) is 11.0 Å². The molecule has 1 aromatic carbocycles. The van der Waals surface area contributed by atoms with Crippen molar-refractivity contribution in [2.75, 3.05) is 11.9 Å². The fourth-order valence-corrected chi connectivity index (χ4v) is 2.84. The molecule has 2 N–H and O–H groups in total. The third kappa shape index (κ3) is 4.00. The van der Waals surface area contributed by atoms with Gasteiger partial charge in [-0.15, -0.1) is 12.4 Å². The maximum atomic E-state index is 12.1. The molecule has 5 nitrogen and oxygen atoms in total. The van der Waals surface area contributed by atoms with Crippen molar-refractivity contribution in [1.82, 2.24) is 14.7 Å². The molecule has 7 heteroatoms. The molecular formula is C14H17ClN4OS. The number of aromatic nitrogens is 2. The van der Waals surface area contributed by atoms with Crippen LogP contribution < -0.4 is 10.6 Å². The van der Waals surface area contributed by atoms with Crippen LogP contribution in [-0.2, 0) is 4.79 Å². The number of nitrogens with one attached hydrogen (secondary N) is 2. The molecule has 1 fully saturated rings. The van der Waals surface area contributed by atoms with Crippen LogP contribution in [0.5, 0.6) is 0 Å². The molecule has 1 amide bonds. The monoisotopic (exact) mass is 324 g/mol. The summed E-state index contributed by atoms with van der Waals surface area (Å²) in [4.78, 5) is 16.4. The number of hydrogen-bond acceptors (Lipinski definition) is 5. The molecule has 0 spiro atoms. The van der Waals surface area contributed by atoms with E-state index in [1.807, 2.05) is 30.3 Å². The summed E-state index contributed by atoms with van der Waals surface area (Å²) in [7, 11) is 0. The Balaban J connectivity index is 0.00000161. The number of anilines is 1. The maximum Gasteiger partial charge on any atom is 0.243 e. The number of rotatable bonds is 3. The number of carbonyl (C=O) groups is 1. The highest BCUT2D eigenvalue weighted by molar-refractivity contribution is 7.10. The van der Waals surface area contributed by atoms with Gasteiger partial charge in [0.05, 0.1) is 6.04 Å². The zero-order valence-electron chi connectivity index (χ0n) is 11.4. The first-order chi connectivity index (χ1) is 9.83. The summed E-state index contributed by atoms with van der Waals surface area (Å²) in [6, 6.07) is 9.65. The Labute approximate surface area is 133 Å². The Morgan fingerprint density at radius 1 is 1.29 bits per heavy atom. The summed E-state index contributed by atoms with van der Waals surface area (Å²) in [5, 5.41) is 6.62. The molecule has 3 rings (SSSR count). The lowest BCUT2D eigenvalue weighted by molar-refractivity contribution is -0.118. The van der Waals surface area contributed by atoms with Crippen LogP contribution in [0.3, 0.4) is 0 Å². The maximum absolute atomic E-state index is 12.1. The van der Waals surface area contributed by atoms with Crippen molar-refractivity contribution in [2.24, 2.45) is 0 Å². The Bertz CT molecular complexity index is 584. The lowest BCUT2D eigenvalue weighted by Gasteiger charge is -2.21. The molecule has 0 radical (unpaired) electrons. The molecule has 1 atom stereocenters. The van der Waals surface area contributed by atoms with Crippen LogP contribution in [0, 0.1) is 0 Å². The average Bonchev–Trinajstić information content (AvgIpc) is 2.97. The smallest absolute Gasteiger partial charge is 0.243 e. The largest absolute Gasteiger partial charge is 0.306 e. The SMILES string of the molecule is Cl.O=C(Nc1nc(-c2ccccc2)ns1)[C@@H]1CCCCN1. The van der Waals surface area contributed by atoms with Crippen LogP contribution in [0.1, 0.15) is 19.3 Å². The fourth-order valence-electron chi connectivity index (χ4n) is 2.25. The van der Waals surface area contributed by atoms with E-state index in [1.54, 1.807) is 0 Å². The quantitative estimate of drug-likeness (QED) is 0.911. The molecule has 0 bridgehead atoms. The Hall–Kier alpha value is -1.50. The molecular weight excluding hydrogens is 308 g/mol. The van der Waals surface area contributed by atoms with Gasteiger partial charge in [0.15, 0.2) is 5.82 Å². The predicted molar refractivity (Wildman–Crippen MR) is 86.9 cm³/mol. The van der Waals surface area contributed by atoms with Gasteiger partial charge in [0, 0.05) is 17.1 Å². The van der Waals surface area contributed by atoms with Gasteiger partial charge in [-0.05, 0) is 19.4 Å². The Kier molecular flexibility index (Phi) is 5.67. The first-order valence-corrected chi connectivity index (χ1v) is 7.53. The number of benzene rings is 1. The van der Waals surface area contributed by atoms with Crippen molar-refractivity contribution in [2.45, 2.75) is 25.3 Å². The lowest BCUT2D eigenvalue weighted by atomic mass is 10.0. The van der Waals surface area contributed by atoms with Gasteiger partial charge in [-0.3, -0.25) is 10.1 Å². The Morgan fingerprint density at radius 2 is 2.10 bits per heavy atom. The Morgan fingerprint density at radius 3 is 2.81 bits per heavy atom. The third-order valence-electron chi connectivity index (χ3n) is 3.31. The summed E-state index contributed by atoms with van der Waals surface area (Å²) >= 11 is 1.22. The summed E-state index contributed by atoms with van der Waals surface area (Å²) in [5.41, 5.74) is 0.958. The van der Waals surface area contributed by atoms with Gasteiger partial charge in [0.1, 0.15) is 0 Å². The molecule has 2 heterocycles. The molecule has 1 aliphatic heterocycles. The number of amides is 1. The van der Waals surface area contributed by atoms with Gasteiger partial charge < -0.3 is 5.32 Å². The van der Waals surface area contributed by atoms with E-state index in [0.717, 1.165) is 31.4 Å². The van der Waals surface area contributed by atoms with Crippen molar-refractivity contribution >= 4 is 35.0 Å². The van der Waals surface area contributed by atoms with E-state index >= 15 is 0 Å². The molecule has 1 aromatic heterocycles. The lowest BCUT2D eigenvalue weighted by Crippen LogP contribution is -2.43. The van der Waals surface area contributed by atoms with Crippen molar-refractivity contribution in [3.63, 3.8) is 0 Å². The van der Waals surface area contributed by atoms with E-state index in [9.17, 15) is 4.79 Å². The van der Waals surface area contributed by atoms with Gasteiger partial charge in [0.2, 0.25) is 11.0 Å². The fraction of sp³-hybridized carbons (Fsp3) is 0.357. The van der Waals surface area contributed by atoms with Gasteiger partial charge in [-0.25, -0.2) is 0 Å². The average molecular weight is 325 g/mol. The third-order valence-corrected chi connectivity index (χ3v) is 3.95. The second-order valence-electron chi connectivity index (χ2n) is 4.78. The number of piperidine rings is 1. The zero-order chi connectivity index (χ0) is 13.8. The molecule has 0 aliphatic carbocycles. The molecule has 112 valence electrons. The first-order valence-electron chi connectivity index (χ1n) is 6.76. The zero-order valence-corrected chi connectivity index (χ0v) is 13.0. The molecule has 2 aromatic rings. The number of carbonyl (C=O) groups excluding carboxylic acids is 1. The van der Waals surface area contributed by atoms with E-state index in [-0.39, 0.29) is 24.4 Å². The standard InChI is InChI=1S/C14H16N4OS.ClH/c19-13(11-8-4-5-9-15-11)17-14-16-12(18-20-14)10-6-2-1-3-7-10;/h1-3,6-7,11,15H,4-5,8-9H2,(H,16,17,18,19);1H/t11-;/m0./s1. The number of halogens is 1. The second-order valence-corrected chi connectivity index (χ2v) is 5.53. The normalized spacial score (nSPS) is 17.8. The van der Waals surface area contributed by atoms with Crippen LogP contribution in [0.25, 0.3) is 11.4 Å². The summed E-state index contributed by atoms with van der Waals surface area (Å²) in [6.07, 6.45) is 3.12. The van der Waals surface area contributed by atoms with E-state index in [1.165, 1.54) is 11.5 Å². The molecule has 1 aliphatic rings. The number of hydrogen-bond donors (Lipinski definition) is 2. The van der Waals surface area contributed by atoms with E-state index < -0.39 is 0 Å². The molecule has 0 saturated carbocycles. The minimum absolute atomic E-state index is 0. The minimum Gasteiger partial charge on any atom is -0.306 e. The second kappa shape index (κ2) is 7.49. The first kappa shape index (κ1) is 15.9. The summed E-state index contributed by atoms with van der Waals surface area (Å²) < 4.78 is 4.28. The van der Waals surface area contributed by atoms with Crippen LogP contribution in [0.15, 0.2) is 30.3 Å². The number of nitrogens with zero attached hydrogens (tertiary/aromatic N) is 2. The van der Waals surface area contributed by atoms with Crippen LogP contribution >= 0.6 is 23.9 Å². The van der Waals surface area contributed by atoms with E-state index in [4.69, 9.17) is 0 Å². The predicted octanol–water partition coefficient (Wildman–Crippen LogP) is 2.71. The summed E-state index contributed by atoms with van der Waals surface area (Å²) in [5.74, 6) is 0.642. The van der Waals surface area contributed by atoms with Gasteiger partial charge in [-0.1, -0.05) is 36.8 Å². The highest BCUT2D eigenvalue weighted by Crippen LogP contribution is 2.21. The molecule has 1 saturated heterocycles. The van der Waals surface area contributed by atoms with E-state index in [2.05, 4.69) is 20.0 Å². The van der Waals surface area contributed by atoms with Crippen molar-refractivity contribution < 1.29 is 4.79 Å². The van der Waals surface area contributed by atoms with Crippen LogP contribution in [0.4, 0.5) is 5.13 Å². The minimum atomic E-state index is -0.104. The highest BCUT2D eigenvalue weighted by Gasteiger charge is 2.21. The van der Waals surface area contributed by atoms with Crippen LogP contribution in [-0.4, -0.2) is 27.9 Å². The van der Waals surface area contributed by atoms with Crippen LogP contribution in [0.2, 0.25) is 0 Å². The van der Waals surface area contributed by atoms with Crippen molar-refractivity contribution in [1.29, 1.82) is 0 Å². The summed E-state index contributed by atoms with van der Waals surface area (Å²) in [6.45, 7) is 0.906.